The molecule has 0 spiro atoms. The van der Waals surface area contributed by atoms with Crippen LogP contribution >= 0.6 is 0 Å². The monoisotopic (exact) mass is 272 g/mol. The van der Waals surface area contributed by atoms with E-state index in [-0.39, 0.29) is 23.5 Å². The minimum atomic E-state index is -0.594. The smallest absolute Gasteiger partial charge is 0.175 e. The van der Waals surface area contributed by atoms with E-state index in [1.165, 1.54) is 24.8 Å². The van der Waals surface area contributed by atoms with Crippen LogP contribution in [0.15, 0.2) is 36.4 Å². The van der Waals surface area contributed by atoms with Crippen LogP contribution in [0.1, 0.15) is 27.0 Å². The van der Waals surface area contributed by atoms with E-state index in [0.717, 1.165) is 11.1 Å². The molecule has 0 heterocycles. The lowest BCUT2D eigenvalue weighted by atomic mass is 9.99. The number of Topliss-reactive ketones (excluding diaryl/α,β-unsaturated/α-hetero) is 1. The predicted molar refractivity (Wildman–Crippen MR) is 76.9 cm³/mol. The molecule has 2 rings (SSSR count). The highest BCUT2D eigenvalue weighted by atomic mass is 19.1. The Bertz CT molecular complexity index is 647. The summed E-state index contributed by atoms with van der Waals surface area (Å²) in [4.78, 5) is 12.2. The van der Waals surface area contributed by atoms with Crippen molar-refractivity contribution in [2.45, 2.75) is 20.3 Å². The number of carbonyl (C=O) groups is 1. The molecule has 0 fully saturated rings. The SMILES string of the molecule is COc1cccc(C(=O)Cc2ccc(C)c(C)c2)c1F. The summed E-state index contributed by atoms with van der Waals surface area (Å²) in [6, 6.07) is 10.4. The van der Waals surface area contributed by atoms with Crippen LogP contribution in [0, 0.1) is 19.7 Å². The Labute approximate surface area is 118 Å². The zero-order valence-corrected chi connectivity index (χ0v) is 11.9. The van der Waals surface area contributed by atoms with E-state index < -0.39 is 5.82 Å². The van der Waals surface area contributed by atoms with Gasteiger partial charge in [-0.1, -0.05) is 24.3 Å². The molecule has 0 bridgehead atoms. The van der Waals surface area contributed by atoms with Gasteiger partial charge in [-0.2, -0.15) is 0 Å². The summed E-state index contributed by atoms with van der Waals surface area (Å²) in [5, 5.41) is 0. The first-order valence-electron chi connectivity index (χ1n) is 6.44. The van der Waals surface area contributed by atoms with E-state index in [0.29, 0.717) is 0 Å². The van der Waals surface area contributed by atoms with E-state index in [1.807, 2.05) is 32.0 Å². The zero-order valence-electron chi connectivity index (χ0n) is 11.9. The number of carbonyl (C=O) groups excluding carboxylic acids is 1. The molecule has 2 aromatic carbocycles. The number of ketones is 1. The van der Waals surface area contributed by atoms with E-state index in [4.69, 9.17) is 4.74 Å². The molecule has 0 unspecified atom stereocenters. The molecule has 0 aromatic heterocycles. The predicted octanol–water partition coefficient (Wildman–Crippen LogP) is 3.88. The first-order valence-corrected chi connectivity index (χ1v) is 6.44. The normalized spacial score (nSPS) is 10.4. The Kier molecular flexibility index (Phi) is 4.18. The van der Waals surface area contributed by atoms with Gasteiger partial charge in [0.1, 0.15) is 0 Å². The van der Waals surface area contributed by atoms with Crippen molar-refractivity contribution >= 4 is 5.78 Å². The van der Waals surface area contributed by atoms with E-state index >= 15 is 0 Å². The summed E-state index contributed by atoms with van der Waals surface area (Å²) in [5.41, 5.74) is 3.26. The standard InChI is InChI=1S/C17H17FO2/c1-11-7-8-13(9-12(11)2)10-15(19)14-5-4-6-16(20-3)17(14)18/h4-9H,10H2,1-3H3. The highest BCUT2D eigenvalue weighted by Gasteiger charge is 2.15. The van der Waals surface area contributed by atoms with Crippen molar-refractivity contribution < 1.29 is 13.9 Å². The van der Waals surface area contributed by atoms with Gasteiger partial charge in [0, 0.05) is 6.42 Å². The number of ether oxygens (including phenoxy) is 1. The fraction of sp³-hybridized carbons (Fsp3) is 0.235. The van der Waals surface area contributed by atoms with Crippen molar-refractivity contribution in [1.82, 2.24) is 0 Å². The topological polar surface area (TPSA) is 26.3 Å². The first-order chi connectivity index (χ1) is 9.52. The van der Waals surface area contributed by atoms with E-state index in [1.54, 1.807) is 6.07 Å². The quantitative estimate of drug-likeness (QED) is 0.790. The summed E-state index contributed by atoms with van der Waals surface area (Å²) in [7, 11) is 1.38. The number of methoxy groups -OCH3 is 1. The van der Waals surface area contributed by atoms with Crippen molar-refractivity contribution in [3.63, 3.8) is 0 Å². The molecule has 104 valence electrons. The average molecular weight is 272 g/mol. The van der Waals surface area contributed by atoms with Crippen LogP contribution in [0.3, 0.4) is 0 Å². The molecule has 20 heavy (non-hydrogen) atoms. The van der Waals surface area contributed by atoms with Crippen LogP contribution in [-0.2, 0) is 6.42 Å². The van der Waals surface area contributed by atoms with Gasteiger partial charge in [0.05, 0.1) is 12.7 Å². The fourth-order valence-electron chi connectivity index (χ4n) is 2.08. The molecule has 2 aromatic rings. The molecule has 0 radical (unpaired) electrons. The van der Waals surface area contributed by atoms with Crippen LogP contribution in [-0.4, -0.2) is 12.9 Å². The van der Waals surface area contributed by atoms with Gasteiger partial charge in [-0.3, -0.25) is 4.79 Å². The molecular formula is C17H17FO2. The van der Waals surface area contributed by atoms with Crippen LogP contribution in [0.25, 0.3) is 0 Å². The van der Waals surface area contributed by atoms with Gasteiger partial charge in [0.25, 0.3) is 0 Å². The Hall–Kier alpha value is -2.16. The minimum Gasteiger partial charge on any atom is -0.494 e. The molecule has 3 heteroatoms. The summed E-state index contributed by atoms with van der Waals surface area (Å²) in [6.07, 6.45) is 0.186. The Morgan fingerprint density at radius 3 is 2.55 bits per heavy atom. The number of benzene rings is 2. The number of halogens is 1. The van der Waals surface area contributed by atoms with Crippen LogP contribution in [0.5, 0.6) is 5.75 Å². The Morgan fingerprint density at radius 2 is 1.90 bits per heavy atom. The van der Waals surface area contributed by atoms with Gasteiger partial charge in [-0.05, 0) is 42.7 Å². The third kappa shape index (κ3) is 2.87. The maximum atomic E-state index is 14.0. The maximum absolute atomic E-state index is 14.0. The van der Waals surface area contributed by atoms with Crippen molar-refractivity contribution in [1.29, 1.82) is 0 Å². The molecule has 2 nitrogen and oxygen atoms in total. The molecule has 0 aliphatic heterocycles. The third-order valence-corrected chi connectivity index (χ3v) is 3.42. The summed E-state index contributed by atoms with van der Waals surface area (Å²) < 4.78 is 18.9. The summed E-state index contributed by atoms with van der Waals surface area (Å²) >= 11 is 0. The van der Waals surface area contributed by atoms with E-state index in [2.05, 4.69) is 0 Å². The largest absolute Gasteiger partial charge is 0.494 e. The first kappa shape index (κ1) is 14.3. The Balaban J connectivity index is 2.26. The second-order valence-corrected chi connectivity index (χ2v) is 4.84. The van der Waals surface area contributed by atoms with Crippen LogP contribution < -0.4 is 4.74 Å². The maximum Gasteiger partial charge on any atom is 0.175 e. The fourth-order valence-corrected chi connectivity index (χ4v) is 2.08. The van der Waals surface area contributed by atoms with Crippen molar-refractivity contribution in [2.24, 2.45) is 0 Å². The molecule has 0 N–H and O–H groups in total. The van der Waals surface area contributed by atoms with Crippen molar-refractivity contribution in [3.8, 4) is 5.75 Å². The number of aryl methyl sites for hydroxylation is 2. The van der Waals surface area contributed by atoms with Crippen LogP contribution in [0.4, 0.5) is 4.39 Å². The van der Waals surface area contributed by atoms with Crippen molar-refractivity contribution in [3.05, 3.63) is 64.5 Å². The molecule has 0 amide bonds. The summed E-state index contributed by atoms with van der Waals surface area (Å²) in [5.74, 6) is -0.746. The summed E-state index contributed by atoms with van der Waals surface area (Å²) in [6.45, 7) is 4.01. The molecule has 0 saturated carbocycles. The molecule has 0 saturated heterocycles. The van der Waals surface area contributed by atoms with Gasteiger partial charge < -0.3 is 4.74 Å². The zero-order chi connectivity index (χ0) is 14.7. The number of hydrogen-bond donors (Lipinski definition) is 0. The second-order valence-electron chi connectivity index (χ2n) is 4.84. The molecular weight excluding hydrogens is 255 g/mol. The lowest BCUT2D eigenvalue weighted by Gasteiger charge is -2.08. The molecule has 0 aliphatic carbocycles. The van der Waals surface area contributed by atoms with E-state index in [9.17, 15) is 9.18 Å². The van der Waals surface area contributed by atoms with Gasteiger partial charge in [-0.15, -0.1) is 0 Å². The van der Waals surface area contributed by atoms with Gasteiger partial charge in [0.15, 0.2) is 17.3 Å². The number of hydrogen-bond acceptors (Lipinski definition) is 2. The molecule has 0 aliphatic rings. The third-order valence-electron chi connectivity index (χ3n) is 3.42. The van der Waals surface area contributed by atoms with Gasteiger partial charge in [-0.25, -0.2) is 4.39 Å². The van der Waals surface area contributed by atoms with Gasteiger partial charge >= 0.3 is 0 Å². The van der Waals surface area contributed by atoms with Crippen molar-refractivity contribution in [2.75, 3.05) is 7.11 Å². The second kappa shape index (κ2) is 5.87. The lowest BCUT2D eigenvalue weighted by molar-refractivity contribution is 0.0988. The highest BCUT2D eigenvalue weighted by molar-refractivity contribution is 5.98. The number of rotatable bonds is 4. The minimum absolute atomic E-state index is 0.0718. The van der Waals surface area contributed by atoms with Crippen LogP contribution in [0.2, 0.25) is 0 Å². The van der Waals surface area contributed by atoms with Gasteiger partial charge in [0.2, 0.25) is 0 Å². The average Bonchev–Trinajstić information content (AvgIpc) is 2.43. The Morgan fingerprint density at radius 1 is 1.15 bits per heavy atom. The lowest BCUT2D eigenvalue weighted by Crippen LogP contribution is -2.07. The molecule has 0 atom stereocenters. The highest BCUT2D eigenvalue weighted by Crippen LogP contribution is 2.21.